The number of hydrogen-bond donors (Lipinski definition) is 2. The Labute approximate surface area is 134 Å². The average molecular weight is 313 g/mol. The molecule has 0 radical (unpaired) electrons. The van der Waals surface area contributed by atoms with E-state index in [0.29, 0.717) is 6.61 Å². The molecule has 0 aromatic heterocycles. The summed E-state index contributed by atoms with van der Waals surface area (Å²) in [7, 11) is 0. The van der Waals surface area contributed by atoms with Gasteiger partial charge in [-0.05, 0) is 11.1 Å². The molecule has 0 aliphatic carbocycles. The lowest BCUT2D eigenvalue weighted by Crippen LogP contribution is -2.44. The molecule has 1 atom stereocenters. The molecular weight excluding hydrogens is 294 g/mol. The fourth-order valence-electron chi connectivity index (χ4n) is 2.07. The first-order chi connectivity index (χ1) is 11.1. The third-order valence-corrected chi connectivity index (χ3v) is 3.24. The summed E-state index contributed by atoms with van der Waals surface area (Å²) in [5, 5.41) is 11.7. The van der Waals surface area contributed by atoms with Gasteiger partial charge in [-0.2, -0.15) is 0 Å². The van der Waals surface area contributed by atoms with E-state index in [1.807, 2.05) is 60.7 Å². The molecule has 0 saturated carbocycles. The Kier molecular flexibility index (Phi) is 6.32. The largest absolute Gasteiger partial charge is 0.480 e. The van der Waals surface area contributed by atoms with E-state index in [0.717, 1.165) is 11.1 Å². The maximum absolute atomic E-state index is 11.9. The predicted octanol–water partition coefficient (Wildman–Crippen LogP) is 2.02. The van der Waals surface area contributed by atoms with Gasteiger partial charge < -0.3 is 15.2 Å². The van der Waals surface area contributed by atoms with Crippen LogP contribution in [0.5, 0.6) is 0 Å². The van der Waals surface area contributed by atoms with Crippen molar-refractivity contribution in [3.8, 4) is 0 Å². The molecule has 2 rings (SSSR count). The predicted molar refractivity (Wildman–Crippen MR) is 85.8 cm³/mol. The van der Waals surface area contributed by atoms with Crippen molar-refractivity contribution in [1.82, 2.24) is 5.32 Å². The molecule has 120 valence electrons. The summed E-state index contributed by atoms with van der Waals surface area (Å²) < 4.78 is 5.40. The highest BCUT2D eigenvalue weighted by Gasteiger charge is 2.20. The van der Waals surface area contributed by atoms with Gasteiger partial charge in [-0.3, -0.25) is 4.79 Å². The Morgan fingerprint density at radius 1 is 0.957 bits per heavy atom. The Balaban J connectivity index is 1.81. The summed E-state index contributed by atoms with van der Waals surface area (Å²) in [5.41, 5.74) is 1.78. The van der Waals surface area contributed by atoms with Crippen LogP contribution in [0.15, 0.2) is 60.7 Å². The van der Waals surface area contributed by atoms with Crippen molar-refractivity contribution in [1.29, 1.82) is 0 Å². The highest BCUT2D eigenvalue weighted by molar-refractivity contribution is 5.84. The third kappa shape index (κ3) is 5.92. The normalized spacial score (nSPS) is 11.7. The van der Waals surface area contributed by atoms with E-state index >= 15 is 0 Å². The van der Waals surface area contributed by atoms with Gasteiger partial charge in [0.05, 0.1) is 19.6 Å². The van der Waals surface area contributed by atoms with Crippen LogP contribution < -0.4 is 5.32 Å². The Morgan fingerprint density at radius 2 is 1.52 bits per heavy atom. The van der Waals surface area contributed by atoms with E-state index in [1.54, 1.807) is 0 Å². The molecular formula is C18H19NO4. The van der Waals surface area contributed by atoms with Crippen LogP contribution in [0.3, 0.4) is 0 Å². The van der Waals surface area contributed by atoms with Crippen molar-refractivity contribution in [2.45, 2.75) is 19.1 Å². The lowest BCUT2D eigenvalue weighted by atomic mass is 10.1. The van der Waals surface area contributed by atoms with Gasteiger partial charge in [0.15, 0.2) is 6.04 Å². The quantitative estimate of drug-likeness (QED) is 0.782. The fourth-order valence-corrected chi connectivity index (χ4v) is 2.07. The second-order valence-electron chi connectivity index (χ2n) is 5.12. The molecule has 5 heteroatoms. The van der Waals surface area contributed by atoms with Crippen molar-refractivity contribution in [2.24, 2.45) is 0 Å². The summed E-state index contributed by atoms with van der Waals surface area (Å²) in [4.78, 5) is 23.2. The van der Waals surface area contributed by atoms with E-state index in [-0.39, 0.29) is 18.9 Å². The molecule has 5 nitrogen and oxygen atoms in total. The van der Waals surface area contributed by atoms with Gasteiger partial charge in [-0.15, -0.1) is 0 Å². The number of nitrogens with one attached hydrogen (secondary N) is 1. The van der Waals surface area contributed by atoms with Crippen molar-refractivity contribution < 1.29 is 19.4 Å². The third-order valence-electron chi connectivity index (χ3n) is 3.24. The van der Waals surface area contributed by atoms with E-state index in [4.69, 9.17) is 4.74 Å². The number of aliphatic carboxylic acids is 1. The van der Waals surface area contributed by atoms with Crippen molar-refractivity contribution in [2.75, 3.05) is 6.61 Å². The van der Waals surface area contributed by atoms with Crippen LogP contribution in [0.2, 0.25) is 0 Å². The highest BCUT2D eigenvalue weighted by Crippen LogP contribution is 2.02. The number of benzene rings is 2. The van der Waals surface area contributed by atoms with Gasteiger partial charge in [0.2, 0.25) is 5.91 Å². The molecule has 2 aromatic rings. The van der Waals surface area contributed by atoms with Crippen LogP contribution in [0.4, 0.5) is 0 Å². The van der Waals surface area contributed by atoms with Gasteiger partial charge in [0.25, 0.3) is 0 Å². The lowest BCUT2D eigenvalue weighted by molar-refractivity contribution is -0.143. The molecule has 0 aliphatic heterocycles. The minimum Gasteiger partial charge on any atom is -0.480 e. The molecule has 0 spiro atoms. The Hall–Kier alpha value is -2.66. The summed E-state index contributed by atoms with van der Waals surface area (Å²) in [6.45, 7) is 0.226. The number of amides is 1. The van der Waals surface area contributed by atoms with E-state index < -0.39 is 12.0 Å². The molecule has 0 fully saturated rings. The van der Waals surface area contributed by atoms with Crippen LogP contribution in [0.25, 0.3) is 0 Å². The summed E-state index contributed by atoms with van der Waals surface area (Å²) in [5.74, 6) is -1.45. The Morgan fingerprint density at radius 3 is 2.09 bits per heavy atom. The van der Waals surface area contributed by atoms with Crippen LogP contribution in [-0.2, 0) is 27.4 Å². The number of carbonyl (C=O) groups is 2. The number of rotatable bonds is 8. The first-order valence-electron chi connectivity index (χ1n) is 7.33. The minimum absolute atomic E-state index is 0.0786. The number of carbonyl (C=O) groups excluding carboxylic acids is 1. The Bertz CT molecular complexity index is 628. The number of carboxylic acid groups (broad SMARTS) is 1. The van der Waals surface area contributed by atoms with E-state index in [9.17, 15) is 14.7 Å². The molecule has 0 heterocycles. The first kappa shape index (κ1) is 16.7. The second kappa shape index (κ2) is 8.70. The molecule has 1 amide bonds. The smallest absolute Gasteiger partial charge is 0.328 e. The topological polar surface area (TPSA) is 75.6 Å². The van der Waals surface area contributed by atoms with Crippen LogP contribution in [0, 0.1) is 0 Å². The van der Waals surface area contributed by atoms with Gasteiger partial charge in [0.1, 0.15) is 0 Å². The molecule has 23 heavy (non-hydrogen) atoms. The molecule has 2 N–H and O–H groups in total. The minimum atomic E-state index is -1.11. The zero-order valence-electron chi connectivity index (χ0n) is 12.6. The molecule has 0 bridgehead atoms. The lowest BCUT2D eigenvalue weighted by Gasteiger charge is -2.15. The van der Waals surface area contributed by atoms with Crippen molar-refractivity contribution >= 4 is 11.9 Å². The van der Waals surface area contributed by atoms with Gasteiger partial charge >= 0.3 is 5.97 Å². The van der Waals surface area contributed by atoms with Crippen LogP contribution >= 0.6 is 0 Å². The van der Waals surface area contributed by atoms with Gasteiger partial charge in [0, 0.05) is 0 Å². The van der Waals surface area contributed by atoms with E-state index in [1.165, 1.54) is 0 Å². The van der Waals surface area contributed by atoms with Crippen molar-refractivity contribution in [3.05, 3.63) is 71.8 Å². The average Bonchev–Trinajstić information content (AvgIpc) is 2.55. The monoisotopic (exact) mass is 313 g/mol. The molecule has 0 unspecified atom stereocenters. The van der Waals surface area contributed by atoms with Gasteiger partial charge in [-0.1, -0.05) is 60.7 Å². The molecule has 0 saturated heterocycles. The summed E-state index contributed by atoms with van der Waals surface area (Å²) in [6, 6.07) is 17.6. The number of carboxylic acids is 1. The first-order valence-corrected chi connectivity index (χ1v) is 7.33. The maximum Gasteiger partial charge on any atom is 0.328 e. The molecule has 2 aromatic carbocycles. The van der Waals surface area contributed by atoms with Crippen LogP contribution in [0.1, 0.15) is 11.1 Å². The maximum atomic E-state index is 11.9. The summed E-state index contributed by atoms with van der Waals surface area (Å²) >= 11 is 0. The summed E-state index contributed by atoms with van der Waals surface area (Å²) in [6.07, 6.45) is 0.142. The molecule has 0 aliphatic rings. The SMILES string of the molecule is O=C(Cc1ccccc1)N[C@@H](COCc1ccccc1)C(=O)O. The van der Waals surface area contributed by atoms with Gasteiger partial charge in [-0.25, -0.2) is 4.79 Å². The number of hydrogen-bond acceptors (Lipinski definition) is 3. The van der Waals surface area contributed by atoms with Crippen LogP contribution in [-0.4, -0.2) is 29.6 Å². The van der Waals surface area contributed by atoms with Crippen molar-refractivity contribution in [3.63, 3.8) is 0 Å². The zero-order chi connectivity index (χ0) is 16.5. The second-order valence-corrected chi connectivity index (χ2v) is 5.12. The van der Waals surface area contributed by atoms with E-state index in [2.05, 4.69) is 5.32 Å². The number of ether oxygens (including phenoxy) is 1. The highest BCUT2D eigenvalue weighted by atomic mass is 16.5. The standard InChI is InChI=1S/C18H19NO4/c20-17(11-14-7-3-1-4-8-14)19-16(18(21)22)13-23-12-15-9-5-2-6-10-15/h1-10,16H,11-13H2,(H,19,20)(H,21,22)/t16-/m0/s1. The fraction of sp³-hybridized carbons (Fsp3) is 0.222. The zero-order valence-corrected chi connectivity index (χ0v) is 12.6.